The summed E-state index contributed by atoms with van der Waals surface area (Å²) in [5.41, 5.74) is 1.36. The van der Waals surface area contributed by atoms with Crippen molar-refractivity contribution in [1.29, 1.82) is 0 Å². The molecule has 2 rings (SSSR count). The first-order valence-corrected chi connectivity index (χ1v) is 11.1. The lowest BCUT2D eigenvalue weighted by molar-refractivity contribution is -0.143. The normalized spacial score (nSPS) is 13.7. The number of halogens is 3. The second kappa shape index (κ2) is 10.1. The molecule has 170 valence electrons. The first kappa shape index (κ1) is 25.2. The molecule has 0 aromatic heterocycles. The minimum atomic E-state index is -1.66. The molecule has 31 heavy (non-hydrogen) atoms. The van der Waals surface area contributed by atoms with Crippen molar-refractivity contribution in [2.24, 2.45) is 0 Å². The van der Waals surface area contributed by atoms with E-state index in [9.17, 15) is 18.1 Å². The van der Waals surface area contributed by atoms with Crippen LogP contribution in [0.15, 0.2) is 24.3 Å². The first-order chi connectivity index (χ1) is 14.4. The van der Waals surface area contributed by atoms with Gasteiger partial charge in [0.05, 0.1) is 19.1 Å². The van der Waals surface area contributed by atoms with Crippen LogP contribution in [0.3, 0.4) is 0 Å². The Balaban J connectivity index is 2.63. The van der Waals surface area contributed by atoms with Crippen LogP contribution in [0.4, 0.5) is 13.2 Å². The molecule has 0 saturated heterocycles. The van der Waals surface area contributed by atoms with Crippen LogP contribution in [0.1, 0.15) is 56.8 Å². The lowest BCUT2D eigenvalue weighted by Gasteiger charge is -2.28. The van der Waals surface area contributed by atoms with E-state index in [2.05, 4.69) is 4.72 Å². The molecule has 1 unspecified atom stereocenters. The van der Waals surface area contributed by atoms with Gasteiger partial charge in [-0.1, -0.05) is 6.07 Å². The summed E-state index contributed by atoms with van der Waals surface area (Å²) in [4.78, 5) is 12.1. The Morgan fingerprint density at radius 3 is 2.32 bits per heavy atom. The van der Waals surface area contributed by atoms with Gasteiger partial charge in [-0.25, -0.2) is 13.2 Å². The smallest absolute Gasteiger partial charge is 0.307 e. The van der Waals surface area contributed by atoms with Crippen molar-refractivity contribution in [2.45, 2.75) is 58.8 Å². The van der Waals surface area contributed by atoms with Crippen molar-refractivity contribution in [2.75, 3.05) is 6.61 Å². The van der Waals surface area contributed by atoms with E-state index in [1.165, 1.54) is 31.2 Å². The summed E-state index contributed by atoms with van der Waals surface area (Å²) in [7, 11) is 0. The Morgan fingerprint density at radius 2 is 1.77 bits per heavy atom. The molecule has 0 heterocycles. The number of benzene rings is 2. The summed E-state index contributed by atoms with van der Waals surface area (Å²) in [5, 5.41) is 0. The molecular formula is C23H28F3NO3S. The number of aryl methyl sites for hydroxylation is 1. The number of carbonyl (C=O) groups is 1. The molecule has 2 aromatic carbocycles. The second-order valence-corrected chi connectivity index (χ2v) is 10.3. The SMILES string of the molecule is CCOC(=O)CC(N[S@+]([O-])C(C)(C)C)c1cc(-c2ccc(F)cc2C)c(C)c(F)c1F. The van der Waals surface area contributed by atoms with Gasteiger partial charge >= 0.3 is 5.97 Å². The highest BCUT2D eigenvalue weighted by Crippen LogP contribution is 2.35. The Hall–Kier alpha value is -2.03. The fourth-order valence-corrected chi connectivity index (χ4v) is 3.93. The third-order valence-electron chi connectivity index (χ3n) is 4.81. The van der Waals surface area contributed by atoms with Crippen LogP contribution in [0.2, 0.25) is 0 Å². The first-order valence-electron chi connectivity index (χ1n) is 9.95. The highest BCUT2D eigenvalue weighted by molar-refractivity contribution is 7.90. The second-order valence-electron chi connectivity index (χ2n) is 8.29. The highest BCUT2D eigenvalue weighted by atomic mass is 32.2. The van der Waals surface area contributed by atoms with E-state index >= 15 is 4.39 Å². The maximum absolute atomic E-state index is 15.0. The number of rotatable bonds is 7. The van der Waals surface area contributed by atoms with E-state index in [1.54, 1.807) is 34.6 Å². The Kier molecular flexibility index (Phi) is 8.19. The zero-order valence-corrected chi connectivity index (χ0v) is 19.4. The van der Waals surface area contributed by atoms with Gasteiger partial charge in [-0.3, -0.25) is 4.79 Å². The van der Waals surface area contributed by atoms with Gasteiger partial charge in [-0.2, -0.15) is 0 Å². The minimum absolute atomic E-state index is 0.0581. The standard InChI is InChI=1S/C23H28F3NO3S/c1-7-30-20(28)12-19(27-31(29)23(4,5)6)18-11-17(14(3)21(25)22(18)26)16-9-8-15(24)10-13(16)2/h8-11,19,27H,7,12H2,1-6H3/t19?,31-/m1/s1. The van der Waals surface area contributed by atoms with Gasteiger partial charge in [0.25, 0.3) is 0 Å². The van der Waals surface area contributed by atoms with E-state index < -0.39 is 45.6 Å². The molecule has 0 bridgehead atoms. The van der Waals surface area contributed by atoms with Gasteiger partial charge in [0, 0.05) is 16.9 Å². The quantitative estimate of drug-likeness (QED) is 0.447. The van der Waals surface area contributed by atoms with Crippen molar-refractivity contribution in [3.05, 3.63) is 58.4 Å². The predicted molar refractivity (Wildman–Crippen MR) is 116 cm³/mol. The Labute approximate surface area is 184 Å². The van der Waals surface area contributed by atoms with Crippen molar-refractivity contribution in [3.8, 4) is 11.1 Å². The molecule has 1 N–H and O–H groups in total. The summed E-state index contributed by atoms with van der Waals surface area (Å²) in [6, 6.07) is 4.37. The lowest BCUT2D eigenvalue weighted by atomic mass is 9.91. The topological polar surface area (TPSA) is 61.4 Å². The van der Waals surface area contributed by atoms with Gasteiger partial charge < -0.3 is 9.29 Å². The maximum atomic E-state index is 15.0. The van der Waals surface area contributed by atoms with E-state index in [0.29, 0.717) is 16.7 Å². The molecule has 4 nitrogen and oxygen atoms in total. The fourth-order valence-electron chi connectivity index (χ4n) is 3.11. The van der Waals surface area contributed by atoms with Crippen LogP contribution >= 0.6 is 0 Å². The zero-order valence-electron chi connectivity index (χ0n) is 18.6. The average molecular weight is 456 g/mol. The molecule has 0 aliphatic carbocycles. The molecule has 2 atom stereocenters. The molecule has 0 fully saturated rings. The summed E-state index contributed by atoms with van der Waals surface area (Å²) < 4.78 is 63.2. The van der Waals surface area contributed by atoms with E-state index in [0.717, 1.165) is 0 Å². The highest BCUT2D eigenvalue weighted by Gasteiger charge is 2.33. The van der Waals surface area contributed by atoms with Crippen LogP contribution in [0, 0.1) is 31.3 Å². The van der Waals surface area contributed by atoms with E-state index in [4.69, 9.17) is 4.74 Å². The molecule has 0 aliphatic rings. The predicted octanol–water partition coefficient (Wildman–Crippen LogP) is 5.43. The molecule has 0 aliphatic heterocycles. The van der Waals surface area contributed by atoms with Crippen molar-refractivity contribution < 1.29 is 27.3 Å². The van der Waals surface area contributed by atoms with Crippen LogP contribution in [0.5, 0.6) is 0 Å². The Morgan fingerprint density at radius 1 is 1.13 bits per heavy atom. The fraction of sp³-hybridized carbons (Fsp3) is 0.435. The summed E-state index contributed by atoms with van der Waals surface area (Å²) >= 11 is -1.66. The molecule has 0 amide bonds. The van der Waals surface area contributed by atoms with Gasteiger partial charge in [0.1, 0.15) is 10.6 Å². The average Bonchev–Trinajstić information content (AvgIpc) is 2.66. The number of ether oxygens (including phenoxy) is 1. The lowest BCUT2D eigenvalue weighted by Crippen LogP contribution is -2.42. The molecule has 0 saturated carbocycles. The maximum Gasteiger partial charge on any atom is 0.307 e. The molecule has 2 aromatic rings. The largest absolute Gasteiger partial charge is 0.598 e. The van der Waals surface area contributed by atoms with Crippen molar-refractivity contribution >= 4 is 17.3 Å². The number of carbonyl (C=O) groups excluding carboxylic acids is 1. The third kappa shape index (κ3) is 6.02. The number of esters is 1. The summed E-state index contributed by atoms with van der Waals surface area (Å²) in [5.74, 6) is -3.28. The number of nitrogens with one attached hydrogen (secondary N) is 1. The molecule has 8 heteroatoms. The minimum Gasteiger partial charge on any atom is -0.598 e. The molecule has 0 radical (unpaired) electrons. The number of hydrogen-bond acceptors (Lipinski definition) is 4. The molecule has 0 spiro atoms. The van der Waals surface area contributed by atoms with Gasteiger partial charge in [0.2, 0.25) is 0 Å². The van der Waals surface area contributed by atoms with Gasteiger partial charge in [0.15, 0.2) is 11.6 Å². The van der Waals surface area contributed by atoms with E-state index in [1.807, 2.05) is 0 Å². The van der Waals surface area contributed by atoms with E-state index in [-0.39, 0.29) is 24.2 Å². The summed E-state index contributed by atoms with van der Waals surface area (Å²) in [6.07, 6.45) is -0.336. The van der Waals surface area contributed by atoms with Gasteiger partial charge in [-0.05, 0) is 82.0 Å². The van der Waals surface area contributed by atoms with Crippen LogP contribution in [-0.2, 0) is 20.9 Å². The summed E-state index contributed by atoms with van der Waals surface area (Å²) in [6.45, 7) is 10.0. The zero-order chi connectivity index (χ0) is 23.5. The van der Waals surface area contributed by atoms with Crippen molar-refractivity contribution in [1.82, 2.24) is 4.72 Å². The van der Waals surface area contributed by atoms with Crippen LogP contribution in [0.25, 0.3) is 11.1 Å². The van der Waals surface area contributed by atoms with Gasteiger partial charge in [-0.15, -0.1) is 4.72 Å². The number of hydrogen-bond donors (Lipinski definition) is 1. The van der Waals surface area contributed by atoms with Crippen LogP contribution < -0.4 is 4.72 Å². The van der Waals surface area contributed by atoms with Crippen LogP contribution in [-0.4, -0.2) is 21.9 Å². The Bertz CT molecular complexity index is 960. The third-order valence-corrected chi connectivity index (χ3v) is 6.43. The monoisotopic (exact) mass is 455 g/mol. The molecular weight excluding hydrogens is 427 g/mol. The van der Waals surface area contributed by atoms with Crippen molar-refractivity contribution in [3.63, 3.8) is 0 Å².